The van der Waals surface area contributed by atoms with Crippen LogP contribution in [-0.4, -0.2) is 31.4 Å². The fourth-order valence-electron chi connectivity index (χ4n) is 0.828. The average Bonchev–Trinajstić information content (AvgIpc) is 2.01. The van der Waals surface area contributed by atoms with Crippen LogP contribution in [0.5, 0.6) is 0 Å². The molecule has 0 aromatic heterocycles. The van der Waals surface area contributed by atoms with Crippen LogP contribution >= 0.6 is 0 Å². The summed E-state index contributed by atoms with van der Waals surface area (Å²) in [7, 11) is -1.56. The maximum Gasteiger partial charge on any atom is 0.463 e. The Kier molecular flexibility index (Phi) is 2.40. The number of hydrogen-bond donors (Lipinski definition) is 0. The lowest BCUT2D eigenvalue weighted by atomic mass is 10.3. The van der Waals surface area contributed by atoms with Crippen molar-refractivity contribution in [2.75, 3.05) is 0 Å². The van der Waals surface area contributed by atoms with Crippen LogP contribution in [0.4, 0.5) is 0 Å². The van der Waals surface area contributed by atoms with Gasteiger partial charge in [0.05, 0.1) is 5.25 Å². The second kappa shape index (κ2) is 3.16. The summed E-state index contributed by atoms with van der Waals surface area (Å²) in [6, 6.07) is 0. The Balaban J connectivity index is 3.03. The van der Waals surface area contributed by atoms with Crippen molar-refractivity contribution in [3.05, 3.63) is 5.53 Å². The standard InChI is InChI=1S/C6H8N2O3S/c1-3-4(2)12(10)5(8-7)6(9)11-3/h3-4H,1-2H3/t3-,4-,12-/m0/s1. The van der Waals surface area contributed by atoms with Gasteiger partial charge in [0.25, 0.3) is 0 Å². The lowest BCUT2D eigenvalue weighted by Gasteiger charge is -2.21. The summed E-state index contributed by atoms with van der Waals surface area (Å²) in [5.41, 5.74) is 8.33. The first kappa shape index (κ1) is 9.09. The van der Waals surface area contributed by atoms with E-state index >= 15 is 0 Å². The van der Waals surface area contributed by atoms with E-state index in [9.17, 15) is 9.00 Å². The second-order valence-electron chi connectivity index (χ2n) is 2.52. The van der Waals surface area contributed by atoms with E-state index in [2.05, 4.69) is 4.79 Å². The molecule has 1 heterocycles. The predicted octanol–water partition coefficient (Wildman–Crippen LogP) is -0.303. The molecule has 5 nitrogen and oxygen atoms in total. The fourth-order valence-corrected chi connectivity index (χ4v) is 1.88. The molecule has 3 atom stereocenters. The zero-order valence-electron chi connectivity index (χ0n) is 6.68. The van der Waals surface area contributed by atoms with E-state index in [1.54, 1.807) is 13.8 Å². The van der Waals surface area contributed by atoms with E-state index in [0.29, 0.717) is 0 Å². The lowest BCUT2D eigenvalue weighted by Crippen LogP contribution is -2.43. The Labute approximate surface area is 71.8 Å². The number of carbonyl (C=O) groups is 1. The van der Waals surface area contributed by atoms with Crippen molar-refractivity contribution < 1.29 is 18.5 Å². The fraction of sp³-hybridized carbons (Fsp3) is 0.667. The van der Waals surface area contributed by atoms with Gasteiger partial charge in [-0.25, -0.2) is 9.00 Å². The van der Waals surface area contributed by atoms with Gasteiger partial charge in [-0.3, -0.25) is 0 Å². The molecule has 1 aliphatic rings. The number of cyclic esters (lactones) is 1. The largest absolute Gasteiger partial charge is 0.463 e. The molecule has 0 N–H and O–H groups in total. The van der Waals surface area contributed by atoms with Gasteiger partial charge in [-0.15, -0.1) is 4.79 Å². The molecule has 12 heavy (non-hydrogen) atoms. The summed E-state index contributed by atoms with van der Waals surface area (Å²) in [5, 5.41) is -0.728. The molecule has 1 fully saturated rings. The molecule has 0 saturated carbocycles. The number of esters is 1. The Bertz CT molecular complexity index is 295. The van der Waals surface area contributed by atoms with Crippen LogP contribution in [0.15, 0.2) is 0 Å². The molecule has 6 heteroatoms. The van der Waals surface area contributed by atoms with E-state index in [4.69, 9.17) is 10.3 Å². The summed E-state index contributed by atoms with van der Waals surface area (Å²) in [4.78, 5) is 13.5. The van der Waals surface area contributed by atoms with Gasteiger partial charge < -0.3 is 10.3 Å². The molecular formula is C6H8N2O3S. The molecule has 1 rings (SSSR count). The van der Waals surface area contributed by atoms with Crippen LogP contribution < -0.4 is 0 Å². The quantitative estimate of drug-likeness (QED) is 0.297. The minimum Gasteiger partial charge on any atom is -0.452 e. The van der Waals surface area contributed by atoms with Crippen molar-refractivity contribution in [1.82, 2.24) is 0 Å². The van der Waals surface area contributed by atoms with Crippen molar-refractivity contribution in [2.45, 2.75) is 25.2 Å². The highest BCUT2D eigenvalue weighted by molar-refractivity contribution is 8.03. The van der Waals surface area contributed by atoms with Gasteiger partial charge in [-0.2, -0.15) is 0 Å². The number of carbonyl (C=O) groups excluding carboxylic acids is 1. The van der Waals surface area contributed by atoms with Gasteiger partial charge in [0.1, 0.15) is 16.9 Å². The summed E-state index contributed by atoms with van der Waals surface area (Å²) in [6.45, 7) is 3.31. The summed E-state index contributed by atoms with van der Waals surface area (Å²) in [5.74, 6) is -0.804. The summed E-state index contributed by atoms with van der Waals surface area (Å²) >= 11 is 0. The van der Waals surface area contributed by atoms with E-state index < -0.39 is 27.9 Å². The van der Waals surface area contributed by atoms with Gasteiger partial charge in [-0.05, 0) is 13.8 Å². The van der Waals surface area contributed by atoms with E-state index in [-0.39, 0.29) is 5.25 Å². The molecule has 0 radical (unpaired) electrons. The third kappa shape index (κ3) is 1.31. The average molecular weight is 188 g/mol. The Morgan fingerprint density at radius 3 is 2.67 bits per heavy atom. The zero-order chi connectivity index (χ0) is 9.30. The topological polar surface area (TPSA) is 79.8 Å². The minimum atomic E-state index is -1.56. The molecule has 1 saturated heterocycles. The molecule has 1 aliphatic heterocycles. The van der Waals surface area contributed by atoms with Crippen LogP contribution in [0.25, 0.3) is 5.53 Å². The predicted molar refractivity (Wildman–Crippen MR) is 41.8 cm³/mol. The maximum absolute atomic E-state index is 11.3. The first-order valence-corrected chi connectivity index (χ1v) is 4.63. The maximum atomic E-state index is 11.3. The third-order valence-electron chi connectivity index (χ3n) is 1.75. The highest BCUT2D eigenvalue weighted by Gasteiger charge is 2.42. The zero-order valence-corrected chi connectivity index (χ0v) is 7.50. The SMILES string of the molecule is C[C@@H]1OC(=O)C(=[N+]=[N-])[S@@](=O)[C@H]1C. The number of hydrogen-bond acceptors (Lipinski definition) is 3. The lowest BCUT2D eigenvalue weighted by molar-refractivity contribution is -0.144. The summed E-state index contributed by atoms with van der Waals surface area (Å²) in [6.07, 6.45) is -0.399. The van der Waals surface area contributed by atoms with Crippen LogP contribution in [0, 0.1) is 0 Å². The molecule has 0 amide bonds. The minimum absolute atomic E-state index is 0.325. The molecule has 0 bridgehead atoms. The van der Waals surface area contributed by atoms with Crippen LogP contribution in [-0.2, 0) is 20.3 Å². The molecule has 0 unspecified atom stereocenters. The van der Waals surface area contributed by atoms with Gasteiger partial charge >= 0.3 is 11.0 Å². The van der Waals surface area contributed by atoms with Gasteiger partial charge in [-0.1, -0.05) is 0 Å². The first-order valence-electron chi connectivity index (χ1n) is 3.41. The Hall–Kier alpha value is -1.00. The van der Waals surface area contributed by atoms with Gasteiger partial charge in [0.15, 0.2) is 0 Å². The highest BCUT2D eigenvalue weighted by atomic mass is 32.2. The monoisotopic (exact) mass is 188 g/mol. The molecule has 66 valence electrons. The normalized spacial score (nSPS) is 35.7. The highest BCUT2D eigenvalue weighted by Crippen LogP contribution is 2.13. The first-order chi connectivity index (χ1) is 5.57. The van der Waals surface area contributed by atoms with Crippen LogP contribution in [0.1, 0.15) is 13.8 Å². The number of ether oxygens (including phenoxy) is 1. The summed E-state index contributed by atoms with van der Waals surface area (Å²) < 4.78 is 16.0. The molecule has 0 aliphatic carbocycles. The smallest absolute Gasteiger partial charge is 0.452 e. The molecule has 0 spiro atoms. The van der Waals surface area contributed by atoms with Crippen LogP contribution in [0.3, 0.4) is 0 Å². The van der Waals surface area contributed by atoms with Crippen LogP contribution in [0.2, 0.25) is 0 Å². The van der Waals surface area contributed by atoms with E-state index in [1.807, 2.05) is 0 Å². The van der Waals surface area contributed by atoms with Gasteiger partial charge in [0.2, 0.25) is 0 Å². The van der Waals surface area contributed by atoms with Crippen molar-refractivity contribution in [3.63, 3.8) is 0 Å². The number of nitrogens with zero attached hydrogens (tertiary/aromatic N) is 2. The van der Waals surface area contributed by atoms with E-state index in [1.165, 1.54) is 0 Å². The van der Waals surface area contributed by atoms with Crippen molar-refractivity contribution >= 4 is 21.8 Å². The molecule has 0 aromatic rings. The molecule has 0 aromatic carbocycles. The van der Waals surface area contributed by atoms with E-state index in [0.717, 1.165) is 0 Å². The Morgan fingerprint density at radius 2 is 2.17 bits per heavy atom. The van der Waals surface area contributed by atoms with Crippen molar-refractivity contribution in [1.29, 1.82) is 0 Å². The van der Waals surface area contributed by atoms with Gasteiger partial charge in [0, 0.05) is 0 Å². The van der Waals surface area contributed by atoms with Crippen molar-refractivity contribution in [3.8, 4) is 0 Å². The second-order valence-corrected chi connectivity index (χ2v) is 4.24. The Morgan fingerprint density at radius 1 is 1.58 bits per heavy atom. The third-order valence-corrected chi connectivity index (χ3v) is 3.44. The van der Waals surface area contributed by atoms with Crippen molar-refractivity contribution in [2.24, 2.45) is 0 Å². The molecular weight excluding hydrogens is 180 g/mol. The number of rotatable bonds is 0.